The van der Waals surface area contributed by atoms with Crippen LogP contribution in [0.1, 0.15) is 49.0 Å². The summed E-state index contributed by atoms with van der Waals surface area (Å²) in [6.07, 6.45) is 3.98. The molecule has 1 atom stereocenters. The van der Waals surface area contributed by atoms with Crippen molar-refractivity contribution in [2.24, 2.45) is 0 Å². The zero-order valence-electron chi connectivity index (χ0n) is 16.7. The minimum atomic E-state index is -0.322. The van der Waals surface area contributed by atoms with Crippen LogP contribution in [0.2, 0.25) is 0 Å². The summed E-state index contributed by atoms with van der Waals surface area (Å²) in [5, 5.41) is 4.10. The second-order valence-electron chi connectivity index (χ2n) is 7.37. The summed E-state index contributed by atoms with van der Waals surface area (Å²) in [6, 6.07) is 15.6. The van der Waals surface area contributed by atoms with Gasteiger partial charge in [-0.2, -0.15) is 4.98 Å². The van der Waals surface area contributed by atoms with E-state index in [4.69, 9.17) is 9.26 Å². The first-order valence-electron chi connectivity index (χ1n) is 10.2. The van der Waals surface area contributed by atoms with Crippen LogP contribution in [0.25, 0.3) is 0 Å². The molecule has 1 amide bonds. The Morgan fingerprint density at radius 1 is 1.13 bits per heavy atom. The minimum absolute atomic E-state index is 0.0906. The van der Waals surface area contributed by atoms with E-state index in [2.05, 4.69) is 10.1 Å². The third kappa shape index (κ3) is 5.03. The molecule has 0 N–H and O–H groups in total. The number of hydrogen-bond acceptors (Lipinski definition) is 5. The van der Waals surface area contributed by atoms with Gasteiger partial charge in [0.15, 0.2) is 12.4 Å². The second-order valence-corrected chi connectivity index (χ2v) is 7.37. The molecule has 1 fully saturated rings. The highest BCUT2D eigenvalue weighted by Gasteiger charge is 2.31. The molecule has 1 aliphatic rings. The van der Waals surface area contributed by atoms with Crippen molar-refractivity contribution in [3.05, 3.63) is 77.7 Å². The fourth-order valence-electron chi connectivity index (χ4n) is 3.68. The van der Waals surface area contributed by atoms with Crippen molar-refractivity contribution in [1.29, 1.82) is 0 Å². The molecule has 2 aromatic carbocycles. The Morgan fingerprint density at radius 2 is 1.93 bits per heavy atom. The van der Waals surface area contributed by atoms with Gasteiger partial charge in [0.05, 0.1) is 6.04 Å². The molecule has 7 heteroatoms. The number of aromatic nitrogens is 2. The van der Waals surface area contributed by atoms with Crippen molar-refractivity contribution in [3.63, 3.8) is 0 Å². The fourth-order valence-corrected chi connectivity index (χ4v) is 3.68. The van der Waals surface area contributed by atoms with Gasteiger partial charge in [-0.1, -0.05) is 35.5 Å². The van der Waals surface area contributed by atoms with E-state index in [0.717, 1.165) is 24.8 Å². The zero-order valence-corrected chi connectivity index (χ0v) is 16.7. The zero-order chi connectivity index (χ0) is 20.8. The average Bonchev–Trinajstić information content (AvgIpc) is 3.27. The summed E-state index contributed by atoms with van der Waals surface area (Å²) in [4.78, 5) is 19.2. The largest absolute Gasteiger partial charge is 0.484 e. The number of halogens is 1. The van der Waals surface area contributed by atoms with E-state index < -0.39 is 0 Å². The number of rotatable bonds is 7. The first-order valence-corrected chi connectivity index (χ1v) is 10.2. The van der Waals surface area contributed by atoms with Crippen LogP contribution in [0.5, 0.6) is 5.75 Å². The Labute approximate surface area is 174 Å². The number of ether oxygens (including phenoxy) is 1. The quantitative estimate of drug-likeness (QED) is 0.576. The Morgan fingerprint density at radius 3 is 2.73 bits per heavy atom. The molecular formula is C23H24FN3O3. The molecule has 1 aliphatic heterocycles. The molecular weight excluding hydrogens is 385 g/mol. The summed E-state index contributed by atoms with van der Waals surface area (Å²) in [5.74, 6) is 1.15. The predicted octanol–water partition coefficient (Wildman–Crippen LogP) is 4.47. The van der Waals surface area contributed by atoms with E-state index in [1.165, 1.54) is 12.1 Å². The van der Waals surface area contributed by atoms with Gasteiger partial charge >= 0.3 is 0 Å². The van der Waals surface area contributed by atoms with Gasteiger partial charge in [0, 0.05) is 13.0 Å². The summed E-state index contributed by atoms with van der Waals surface area (Å²) in [7, 11) is 0. The highest BCUT2D eigenvalue weighted by Crippen LogP contribution is 2.30. The van der Waals surface area contributed by atoms with Crippen LogP contribution in [0.3, 0.4) is 0 Å². The van der Waals surface area contributed by atoms with Crippen molar-refractivity contribution >= 4 is 5.91 Å². The SMILES string of the molecule is O=C(CCc1ccccc1)N1CCCCC1c1noc(COc2ccc(F)cc2)n1. The molecule has 0 spiro atoms. The normalized spacial score (nSPS) is 16.4. The van der Waals surface area contributed by atoms with Crippen molar-refractivity contribution in [1.82, 2.24) is 15.0 Å². The number of likely N-dealkylation sites (tertiary alicyclic amines) is 1. The van der Waals surface area contributed by atoms with Gasteiger partial charge in [-0.15, -0.1) is 0 Å². The van der Waals surface area contributed by atoms with Gasteiger partial charge in [-0.05, 0) is 55.5 Å². The van der Waals surface area contributed by atoms with Crippen LogP contribution in [0, 0.1) is 5.82 Å². The maximum absolute atomic E-state index is 13.0. The number of amides is 1. The first kappa shape index (κ1) is 20.1. The molecule has 1 saturated heterocycles. The van der Waals surface area contributed by atoms with Crippen LogP contribution in [-0.2, 0) is 17.8 Å². The molecule has 0 saturated carbocycles. The number of benzene rings is 2. The summed E-state index contributed by atoms with van der Waals surface area (Å²) in [6.45, 7) is 0.793. The number of piperidine rings is 1. The topological polar surface area (TPSA) is 68.5 Å². The van der Waals surface area contributed by atoms with Crippen LogP contribution in [0.15, 0.2) is 59.1 Å². The van der Waals surface area contributed by atoms with Gasteiger partial charge in [0.25, 0.3) is 5.89 Å². The van der Waals surface area contributed by atoms with Gasteiger partial charge in [-0.25, -0.2) is 4.39 Å². The summed E-state index contributed by atoms with van der Waals surface area (Å²) in [5.41, 5.74) is 1.15. The van der Waals surface area contributed by atoms with Gasteiger partial charge < -0.3 is 14.2 Å². The molecule has 0 bridgehead atoms. The van der Waals surface area contributed by atoms with E-state index in [0.29, 0.717) is 36.9 Å². The number of carbonyl (C=O) groups is 1. The minimum Gasteiger partial charge on any atom is -0.484 e. The molecule has 0 aliphatic carbocycles. The molecule has 0 radical (unpaired) electrons. The Kier molecular flexibility index (Phi) is 6.37. The van der Waals surface area contributed by atoms with Crippen molar-refractivity contribution < 1.29 is 18.4 Å². The Bertz CT molecular complexity index is 959. The monoisotopic (exact) mass is 409 g/mol. The van der Waals surface area contributed by atoms with Crippen LogP contribution < -0.4 is 4.74 Å². The highest BCUT2D eigenvalue weighted by atomic mass is 19.1. The third-order valence-corrected chi connectivity index (χ3v) is 5.25. The summed E-state index contributed by atoms with van der Waals surface area (Å²) < 4.78 is 23.9. The molecule has 4 rings (SSSR count). The molecule has 3 aromatic rings. The lowest BCUT2D eigenvalue weighted by atomic mass is 10.00. The van der Waals surface area contributed by atoms with Crippen molar-refractivity contribution in [2.45, 2.75) is 44.8 Å². The lowest BCUT2D eigenvalue weighted by molar-refractivity contribution is -0.135. The van der Waals surface area contributed by atoms with E-state index in [1.807, 2.05) is 35.2 Å². The van der Waals surface area contributed by atoms with E-state index in [9.17, 15) is 9.18 Å². The lowest BCUT2D eigenvalue weighted by Gasteiger charge is -2.34. The van der Waals surface area contributed by atoms with Crippen LogP contribution in [0.4, 0.5) is 4.39 Å². The number of aryl methyl sites for hydroxylation is 1. The fraction of sp³-hybridized carbons (Fsp3) is 0.348. The number of nitrogens with zero attached hydrogens (tertiary/aromatic N) is 3. The van der Waals surface area contributed by atoms with E-state index >= 15 is 0 Å². The molecule has 30 heavy (non-hydrogen) atoms. The number of carbonyl (C=O) groups excluding carboxylic acids is 1. The average molecular weight is 409 g/mol. The molecule has 156 valence electrons. The Hall–Kier alpha value is -3.22. The first-order chi connectivity index (χ1) is 14.7. The van der Waals surface area contributed by atoms with E-state index in [-0.39, 0.29) is 24.4 Å². The highest BCUT2D eigenvalue weighted by molar-refractivity contribution is 5.77. The van der Waals surface area contributed by atoms with Crippen LogP contribution in [-0.4, -0.2) is 27.5 Å². The molecule has 1 unspecified atom stereocenters. The van der Waals surface area contributed by atoms with Crippen LogP contribution >= 0.6 is 0 Å². The van der Waals surface area contributed by atoms with Gasteiger partial charge in [-0.3, -0.25) is 4.79 Å². The smallest absolute Gasteiger partial charge is 0.264 e. The Balaban J connectivity index is 1.37. The van der Waals surface area contributed by atoms with E-state index in [1.54, 1.807) is 12.1 Å². The second kappa shape index (κ2) is 9.52. The molecule has 1 aromatic heterocycles. The third-order valence-electron chi connectivity index (χ3n) is 5.25. The van der Waals surface area contributed by atoms with Crippen molar-refractivity contribution in [2.75, 3.05) is 6.54 Å². The van der Waals surface area contributed by atoms with Crippen molar-refractivity contribution in [3.8, 4) is 5.75 Å². The maximum Gasteiger partial charge on any atom is 0.264 e. The maximum atomic E-state index is 13.0. The molecule has 6 nitrogen and oxygen atoms in total. The van der Waals surface area contributed by atoms with Gasteiger partial charge in [0.2, 0.25) is 5.91 Å². The standard InChI is InChI=1S/C23H24FN3O3/c24-18-10-12-19(13-11-18)29-16-21-25-23(26-30-21)20-8-4-5-15-27(20)22(28)14-9-17-6-2-1-3-7-17/h1-3,6-7,10-13,20H,4-5,8-9,14-16H2. The van der Waals surface area contributed by atoms with Gasteiger partial charge in [0.1, 0.15) is 11.6 Å². The predicted molar refractivity (Wildman–Crippen MR) is 108 cm³/mol. The molecule has 2 heterocycles. The lowest BCUT2D eigenvalue weighted by Crippen LogP contribution is -2.39. The number of hydrogen-bond donors (Lipinski definition) is 0. The summed E-state index contributed by atoms with van der Waals surface area (Å²) >= 11 is 0.